The molecule has 0 bridgehead atoms. The van der Waals surface area contributed by atoms with E-state index >= 15 is 0 Å². The molecule has 6 heteroatoms. The summed E-state index contributed by atoms with van der Waals surface area (Å²) in [5, 5.41) is 0. The fourth-order valence-corrected chi connectivity index (χ4v) is 3.40. The molecule has 144 valence electrons. The second kappa shape index (κ2) is 9.53. The summed E-state index contributed by atoms with van der Waals surface area (Å²) in [6, 6.07) is 18.4. The molecule has 0 aliphatic carbocycles. The van der Waals surface area contributed by atoms with Gasteiger partial charge >= 0.3 is 0 Å². The Morgan fingerprint density at radius 3 is 2.37 bits per heavy atom. The zero-order valence-electron chi connectivity index (χ0n) is 15.5. The van der Waals surface area contributed by atoms with Gasteiger partial charge in [0.1, 0.15) is 6.04 Å². The fourth-order valence-electron chi connectivity index (χ4n) is 3.40. The van der Waals surface area contributed by atoms with E-state index in [0.717, 1.165) is 17.7 Å². The third kappa shape index (κ3) is 4.87. The monoisotopic (exact) mass is 387 g/mol. The molecule has 1 fully saturated rings. The second-order valence-electron chi connectivity index (χ2n) is 6.71. The number of amides is 2. The van der Waals surface area contributed by atoms with E-state index in [1.54, 1.807) is 16.8 Å². The van der Waals surface area contributed by atoms with Gasteiger partial charge in [-0.25, -0.2) is 0 Å². The van der Waals surface area contributed by atoms with Crippen molar-refractivity contribution >= 4 is 29.9 Å². The second-order valence-corrected chi connectivity index (χ2v) is 6.71. The van der Waals surface area contributed by atoms with Gasteiger partial charge in [-0.3, -0.25) is 9.59 Å². The van der Waals surface area contributed by atoms with Gasteiger partial charge in [-0.2, -0.15) is 0 Å². The first kappa shape index (κ1) is 20.9. The predicted molar refractivity (Wildman–Crippen MR) is 110 cm³/mol. The normalized spacial score (nSPS) is 17.8. The molecule has 0 saturated carbocycles. The summed E-state index contributed by atoms with van der Waals surface area (Å²) < 4.78 is 0. The Kier molecular flexibility index (Phi) is 7.39. The van der Waals surface area contributed by atoms with Gasteiger partial charge in [-0.15, -0.1) is 12.4 Å². The standard InChI is InChI=1S/C21H25N3O2.ClH/c1-23(20(25)15-18(22)16-9-4-2-5-10-16)19-13-8-14-24(21(19)26)17-11-6-3-7-12-17;/h2-7,9-12,18-19H,8,13-15,22H2,1H3;1H. The Balaban J connectivity index is 0.00000261. The lowest BCUT2D eigenvalue weighted by Crippen LogP contribution is -2.53. The maximum absolute atomic E-state index is 12.9. The molecule has 1 aliphatic rings. The van der Waals surface area contributed by atoms with Crippen molar-refractivity contribution in [3.63, 3.8) is 0 Å². The Morgan fingerprint density at radius 2 is 1.74 bits per heavy atom. The van der Waals surface area contributed by atoms with Gasteiger partial charge in [-0.1, -0.05) is 48.5 Å². The van der Waals surface area contributed by atoms with Crippen molar-refractivity contribution in [1.82, 2.24) is 4.90 Å². The van der Waals surface area contributed by atoms with Crippen molar-refractivity contribution in [2.45, 2.75) is 31.3 Å². The van der Waals surface area contributed by atoms with E-state index in [1.807, 2.05) is 60.7 Å². The molecule has 5 nitrogen and oxygen atoms in total. The summed E-state index contributed by atoms with van der Waals surface area (Å²) in [6.07, 6.45) is 1.74. The molecular weight excluding hydrogens is 362 g/mol. The van der Waals surface area contributed by atoms with Crippen molar-refractivity contribution in [3.8, 4) is 0 Å². The summed E-state index contributed by atoms with van der Waals surface area (Å²) in [7, 11) is 1.71. The maximum atomic E-state index is 12.9. The number of anilines is 1. The van der Waals surface area contributed by atoms with Crippen molar-refractivity contribution < 1.29 is 9.59 Å². The SMILES string of the molecule is CN(C(=O)CC(N)c1ccccc1)C1CCCN(c2ccccc2)C1=O.Cl. The van der Waals surface area contributed by atoms with E-state index in [2.05, 4.69) is 0 Å². The molecule has 0 aromatic heterocycles. The number of piperidine rings is 1. The minimum absolute atomic E-state index is 0. The molecule has 1 aliphatic heterocycles. The van der Waals surface area contributed by atoms with E-state index < -0.39 is 6.04 Å². The molecule has 1 saturated heterocycles. The van der Waals surface area contributed by atoms with Crippen LogP contribution in [0.15, 0.2) is 60.7 Å². The summed E-state index contributed by atoms with van der Waals surface area (Å²) in [4.78, 5) is 29.0. The minimum Gasteiger partial charge on any atom is -0.334 e. The smallest absolute Gasteiger partial charge is 0.249 e. The van der Waals surface area contributed by atoms with Crippen LogP contribution in [0.4, 0.5) is 5.69 Å². The number of likely N-dealkylation sites (N-methyl/N-ethyl adjacent to an activating group) is 1. The van der Waals surface area contributed by atoms with Gasteiger partial charge in [0.05, 0.1) is 0 Å². The highest BCUT2D eigenvalue weighted by molar-refractivity contribution is 5.99. The van der Waals surface area contributed by atoms with E-state index in [1.165, 1.54) is 0 Å². The van der Waals surface area contributed by atoms with Crippen molar-refractivity contribution in [2.75, 3.05) is 18.5 Å². The first-order valence-electron chi connectivity index (χ1n) is 9.00. The average Bonchev–Trinajstić information content (AvgIpc) is 2.69. The van der Waals surface area contributed by atoms with Crippen LogP contribution in [0.2, 0.25) is 0 Å². The van der Waals surface area contributed by atoms with Crippen LogP contribution in [0.5, 0.6) is 0 Å². The number of hydrogen-bond donors (Lipinski definition) is 1. The Hall–Kier alpha value is -2.37. The molecule has 2 amide bonds. The first-order chi connectivity index (χ1) is 12.6. The van der Waals surface area contributed by atoms with Crippen LogP contribution in [-0.2, 0) is 9.59 Å². The van der Waals surface area contributed by atoms with Crippen molar-refractivity contribution in [3.05, 3.63) is 66.2 Å². The van der Waals surface area contributed by atoms with Gasteiger partial charge < -0.3 is 15.5 Å². The Bertz CT molecular complexity index is 755. The molecular formula is C21H26ClN3O2. The Labute approximate surface area is 166 Å². The lowest BCUT2D eigenvalue weighted by atomic mass is 10.00. The number of nitrogens with zero attached hydrogens (tertiary/aromatic N) is 2. The van der Waals surface area contributed by atoms with Crippen LogP contribution in [0, 0.1) is 0 Å². The van der Waals surface area contributed by atoms with Crippen LogP contribution in [0.25, 0.3) is 0 Å². The molecule has 2 unspecified atom stereocenters. The molecule has 2 aromatic carbocycles. The average molecular weight is 388 g/mol. The lowest BCUT2D eigenvalue weighted by molar-refractivity contribution is -0.139. The topological polar surface area (TPSA) is 66.6 Å². The molecule has 2 aromatic rings. The predicted octanol–water partition coefficient (Wildman–Crippen LogP) is 3.15. The van der Waals surface area contributed by atoms with Gasteiger partial charge in [0.25, 0.3) is 0 Å². The van der Waals surface area contributed by atoms with E-state index in [-0.39, 0.29) is 36.7 Å². The van der Waals surface area contributed by atoms with Gasteiger partial charge in [-0.05, 0) is 30.5 Å². The quantitative estimate of drug-likeness (QED) is 0.856. The summed E-state index contributed by atoms with van der Waals surface area (Å²) in [5.41, 5.74) is 7.98. The molecule has 0 radical (unpaired) electrons. The molecule has 1 heterocycles. The van der Waals surface area contributed by atoms with Gasteiger partial charge in [0.15, 0.2) is 0 Å². The number of halogens is 1. The first-order valence-corrected chi connectivity index (χ1v) is 9.00. The largest absolute Gasteiger partial charge is 0.334 e. The van der Waals surface area contributed by atoms with Gasteiger partial charge in [0.2, 0.25) is 11.8 Å². The van der Waals surface area contributed by atoms with E-state index in [4.69, 9.17) is 5.73 Å². The van der Waals surface area contributed by atoms with Crippen molar-refractivity contribution in [1.29, 1.82) is 0 Å². The molecule has 2 N–H and O–H groups in total. The summed E-state index contributed by atoms with van der Waals surface area (Å²) in [5.74, 6) is -0.124. The van der Waals surface area contributed by atoms with Crippen LogP contribution in [-0.4, -0.2) is 36.3 Å². The number of rotatable bonds is 5. The lowest BCUT2D eigenvalue weighted by Gasteiger charge is -2.37. The van der Waals surface area contributed by atoms with Crippen molar-refractivity contribution in [2.24, 2.45) is 5.73 Å². The number of nitrogens with two attached hydrogens (primary N) is 1. The number of benzene rings is 2. The van der Waals surface area contributed by atoms with Crippen LogP contribution in [0.1, 0.15) is 30.9 Å². The molecule has 27 heavy (non-hydrogen) atoms. The van der Waals surface area contributed by atoms with E-state index in [9.17, 15) is 9.59 Å². The minimum atomic E-state index is -0.431. The van der Waals surface area contributed by atoms with E-state index in [0.29, 0.717) is 13.0 Å². The number of para-hydroxylation sites is 1. The molecule has 2 atom stereocenters. The van der Waals surface area contributed by atoms with Gasteiger partial charge in [0, 0.05) is 31.7 Å². The third-order valence-corrected chi connectivity index (χ3v) is 4.96. The van der Waals surface area contributed by atoms with Crippen LogP contribution < -0.4 is 10.6 Å². The zero-order valence-corrected chi connectivity index (χ0v) is 16.3. The third-order valence-electron chi connectivity index (χ3n) is 4.96. The summed E-state index contributed by atoms with van der Waals surface area (Å²) in [6.45, 7) is 0.685. The summed E-state index contributed by atoms with van der Waals surface area (Å²) >= 11 is 0. The fraction of sp³-hybridized carbons (Fsp3) is 0.333. The number of hydrogen-bond acceptors (Lipinski definition) is 3. The Morgan fingerprint density at radius 1 is 1.15 bits per heavy atom. The zero-order chi connectivity index (χ0) is 18.5. The highest BCUT2D eigenvalue weighted by atomic mass is 35.5. The number of carbonyl (C=O) groups is 2. The maximum Gasteiger partial charge on any atom is 0.249 e. The highest BCUT2D eigenvalue weighted by Gasteiger charge is 2.34. The highest BCUT2D eigenvalue weighted by Crippen LogP contribution is 2.24. The number of carbonyl (C=O) groups excluding carboxylic acids is 2. The van der Waals surface area contributed by atoms with Crippen LogP contribution in [0.3, 0.4) is 0 Å². The van der Waals surface area contributed by atoms with Crippen LogP contribution >= 0.6 is 12.4 Å². The molecule has 0 spiro atoms. The molecule has 3 rings (SSSR count).